The molecule has 1 N–H and O–H groups in total. The molecule has 0 atom stereocenters. The Labute approximate surface area is 146 Å². The van der Waals surface area contributed by atoms with Crippen LogP contribution in [0.3, 0.4) is 0 Å². The summed E-state index contributed by atoms with van der Waals surface area (Å²) >= 11 is 6.02. The molecule has 0 fully saturated rings. The molecular formula is C16H18ClNO5S. The van der Waals surface area contributed by atoms with Gasteiger partial charge in [0.2, 0.25) is 0 Å². The van der Waals surface area contributed by atoms with E-state index in [-0.39, 0.29) is 16.3 Å². The van der Waals surface area contributed by atoms with E-state index in [1.807, 2.05) is 6.92 Å². The highest BCUT2D eigenvalue weighted by atomic mass is 35.5. The van der Waals surface area contributed by atoms with Crippen LogP contribution in [0, 0.1) is 0 Å². The van der Waals surface area contributed by atoms with Crippen LogP contribution in [0.5, 0.6) is 17.2 Å². The topological polar surface area (TPSA) is 73.9 Å². The Balaban J connectivity index is 2.34. The molecule has 24 heavy (non-hydrogen) atoms. The van der Waals surface area contributed by atoms with Crippen molar-refractivity contribution < 1.29 is 22.6 Å². The van der Waals surface area contributed by atoms with Gasteiger partial charge in [-0.15, -0.1) is 0 Å². The molecular weight excluding hydrogens is 354 g/mol. The van der Waals surface area contributed by atoms with Gasteiger partial charge in [0.15, 0.2) is 0 Å². The third-order valence-corrected chi connectivity index (χ3v) is 4.84. The zero-order chi connectivity index (χ0) is 17.7. The smallest absolute Gasteiger partial charge is 0.262 e. The Kier molecular flexibility index (Phi) is 5.80. The summed E-state index contributed by atoms with van der Waals surface area (Å²) in [6.07, 6.45) is 0. The lowest BCUT2D eigenvalue weighted by Crippen LogP contribution is -2.13. The van der Waals surface area contributed by atoms with E-state index in [0.29, 0.717) is 23.1 Å². The Morgan fingerprint density at radius 2 is 1.67 bits per heavy atom. The van der Waals surface area contributed by atoms with E-state index in [1.165, 1.54) is 38.5 Å². The van der Waals surface area contributed by atoms with Crippen LogP contribution < -0.4 is 18.9 Å². The van der Waals surface area contributed by atoms with Crippen molar-refractivity contribution in [2.75, 3.05) is 25.5 Å². The van der Waals surface area contributed by atoms with Gasteiger partial charge in [0.1, 0.15) is 17.2 Å². The summed E-state index contributed by atoms with van der Waals surface area (Å²) in [5.41, 5.74) is 0.229. The van der Waals surface area contributed by atoms with E-state index in [2.05, 4.69) is 4.72 Å². The largest absolute Gasteiger partial charge is 0.495 e. The van der Waals surface area contributed by atoms with Crippen molar-refractivity contribution in [2.24, 2.45) is 0 Å². The first-order valence-electron chi connectivity index (χ1n) is 7.08. The van der Waals surface area contributed by atoms with Crippen LogP contribution in [-0.4, -0.2) is 29.2 Å². The van der Waals surface area contributed by atoms with Gasteiger partial charge in [-0.25, -0.2) is 8.42 Å². The number of ether oxygens (including phenoxy) is 3. The fourth-order valence-corrected chi connectivity index (χ4v) is 3.32. The SMILES string of the molecule is CCOc1ccc(S(=O)(=O)Nc2cc(OC)c(Cl)cc2OC)cc1. The molecule has 130 valence electrons. The van der Waals surface area contributed by atoms with Crippen molar-refractivity contribution in [1.82, 2.24) is 0 Å². The van der Waals surface area contributed by atoms with Crippen LogP contribution in [0.1, 0.15) is 6.92 Å². The highest BCUT2D eigenvalue weighted by Gasteiger charge is 2.18. The lowest BCUT2D eigenvalue weighted by Gasteiger charge is -2.14. The summed E-state index contributed by atoms with van der Waals surface area (Å²) < 4.78 is 43.1. The maximum absolute atomic E-state index is 12.5. The Morgan fingerprint density at radius 1 is 1.04 bits per heavy atom. The van der Waals surface area contributed by atoms with Gasteiger partial charge in [-0.2, -0.15) is 0 Å². The van der Waals surface area contributed by atoms with Crippen LogP contribution in [0.25, 0.3) is 0 Å². The standard InChI is InChI=1S/C16H18ClNO5S/c1-4-23-11-5-7-12(8-6-11)24(19,20)18-14-10-15(21-2)13(17)9-16(14)22-3/h5-10,18H,4H2,1-3H3. The summed E-state index contributed by atoms with van der Waals surface area (Å²) in [5, 5.41) is 0.318. The van der Waals surface area contributed by atoms with E-state index >= 15 is 0 Å². The Bertz CT molecular complexity index is 806. The fraction of sp³-hybridized carbons (Fsp3) is 0.250. The third-order valence-electron chi connectivity index (χ3n) is 3.16. The molecule has 0 spiro atoms. The number of methoxy groups -OCH3 is 2. The molecule has 2 rings (SSSR count). The van der Waals surface area contributed by atoms with Crippen molar-refractivity contribution >= 4 is 27.3 Å². The number of benzene rings is 2. The molecule has 0 radical (unpaired) electrons. The molecule has 2 aromatic carbocycles. The number of hydrogen-bond donors (Lipinski definition) is 1. The Hall–Kier alpha value is -2.12. The Morgan fingerprint density at radius 3 is 2.21 bits per heavy atom. The molecule has 8 heteroatoms. The van der Waals surface area contributed by atoms with Crippen molar-refractivity contribution in [3.63, 3.8) is 0 Å². The normalized spacial score (nSPS) is 11.0. The predicted molar refractivity (Wildman–Crippen MR) is 93.0 cm³/mol. The summed E-state index contributed by atoms with van der Waals surface area (Å²) in [6.45, 7) is 2.36. The van der Waals surface area contributed by atoms with Gasteiger partial charge in [-0.3, -0.25) is 4.72 Å². The first kappa shape index (κ1) is 18.2. The van der Waals surface area contributed by atoms with Crippen LogP contribution in [0.15, 0.2) is 41.3 Å². The lowest BCUT2D eigenvalue weighted by molar-refractivity contribution is 0.340. The maximum atomic E-state index is 12.5. The van der Waals surface area contributed by atoms with Gasteiger partial charge in [-0.1, -0.05) is 11.6 Å². The second-order valence-electron chi connectivity index (χ2n) is 4.70. The van der Waals surface area contributed by atoms with E-state index in [0.717, 1.165) is 0 Å². The van der Waals surface area contributed by atoms with Gasteiger partial charge in [-0.05, 0) is 31.2 Å². The van der Waals surface area contributed by atoms with E-state index in [9.17, 15) is 8.42 Å². The molecule has 0 aliphatic carbocycles. The van der Waals surface area contributed by atoms with Crippen LogP contribution >= 0.6 is 11.6 Å². The van der Waals surface area contributed by atoms with Gasteiger partial charge in [0, 0.05) is 12.1 Å². The minimum atomic E-state index is -3.80. The highest BCUT2D eigenvalue weighted by Crippen LogP contribution is 2.37. The van der Waals surface area contributed by atoms with Crippen molar-refractivity contribution in [2.45, 2.75) is 11.8 Å². The number of rotatable bonds is 7. The predicted octanol–water partition coefficient (Wildman–Crippen LogP) is 3.56. The van der Waals surface area contributed by atoms with Crippen LogP contribution in [0.4, 0.5) is 5.69 Å². The lowest BCUT2D eigenvalue weighted by atomic mass is 10.3. The summed E-state index contributed by atoms with van der Waals surface area (Å²) in [6, 6.07) is 9.07. The first-order valence-corrected chi connectivity index (χ1v) is 8.94. The molecule has 0 amide bonds. The van der Waals surface area contributed by atoms with Gasteiger partial charge < -0.3 is 14.2 Å². The summed E-state index contributed by atoms with van der Waals surface area (Å²) in [5.74, 6) is 1.22. The quantitative estimate of drug-likeness (QED) is 0.805. The molecule has 6 nitrogen and oxygen atoms in total. The molecule has 0 aliphatic heterocycles. The molecule has 0 bridgehead atoms. The van der Waals surface area contributed by atoms with Crippen LogP contribution in [0.2, 0.25) is 5.02 Å². The molecule has 2 aromatic rings. The summed E-state index contributed by atoms with van der Waals surface area (Å²) in [7, 11) is -0.933. The average Bonchev–Trinajstić information content (AvgIpc) is 2.56. The average molecular weight is 372 g/mol. The maximum Gasteiger partial charge on any atom is 0.262 e. The summed E-state index contributed by atoms with van der Waals surface area (Å²) in [4.78, 5) is 0.0990. The molecule has 0 saturated carbocycles. The number of halogens is 1. The zero-order valence-corrected chi connectivity index (χ0v) is 15.1. The monoisotopic (exact) mass is 371 g/mol. The van der Waals surface area contributed by atoms with Gasteiger partial charge >= 0.3 is 0 Å². The molecule has 0 saturated heterocycles. The number of anilines is 1. The molecule has 0 unspecified atom stereocenters. The van der Waals surface area contributed by atoms with E-state index in [1.54, 1.807) is 12.1 Å². The number of nitrogens with one attached hydrogen (secondary N) is 1. The number of sulfonamides is 1. The van der Waals surface area contributed by atoms with Gasteiger partial charge in [0.25, 0.3) is 10.0 Å². The van der Waals surface area contributed by atoms with Crippen molar-refractivity contribution in [1.29, 1.82) is 0 Å². The second kappa shape index (κ2) is 7.63. The van der Waals surface area contributed by atoms with Gasteiger partial charge in [0.05, 0.1) is 36.4 Å². The first-order chi connectivity index (χ1) is 11.4. The fourth-order valence-electron chi connectivity index (χ4n) is 2.03. The molecule has 0 heterocycles. The number of hydrogen-bond acceptors (Lipinski definition) is 5. The zero-order valence-electron chi connectivity index (χ0n) is 13.5. The molecule has 0 aromatic heterocycles. The molecule has 0 aliphatic rings. The van der Waals surface area contributed by atoms with Crippen molar-refractivity contribution in [3.05, 3.63) is 41.4 Å². The third kappa shape index (κ3) is 4.04. The van der Waals surface area contributed by atoms with Crippen LogP contribution in [-0.2, 0) is 10.0 Å². The minimum Gasteiger partial charge on any atom is -0.495 e. The van der Waals surface area contributed by atoms with E-state index in [4.69, 9.17) is 25.8 Å². The second-order valence-corrected chi connectivity index (χ2v) is 6.79. The highest BCUT2D eigenvalue weighted by molar-refractivity contribution is 7.92. The van der Waals surface area contributed by atoms with Crippen molar-refractivity contribution in [3.8, 4) is 17.2 Å². The van der Waals surface area contributed by atoms with E-state index < -0.39 is 10.0 Å². The minimum absolute atomic E-state index is 0.0990.